The molecule has 0 spiro atoms. The van der Waals surface area contributed by atoms with E-state index in [0.717, 1.165) is 37.9 Å². The van der Waals surface area contributed by atoms with E-state index in [9.17, 15) is 24.0 Å². The summed E-state index contributed by atoms with van der Waals surface area (Å²) in [5.41, 5.74) is 2.33. The molecule has 3 saturated heterocycles. The van der Waals surface area contributed by atoms with Gasteiger partial charge < -0.3 is 20.6 Å². The van der Waals surface area contributed by atoms with Crippen LogP contribution in [0.4, 0.5) is 23.1 Å². The lowest BCUT2D eigenvalue weighted by molar-refractivity contribution is 0.0631. The molecule has 1 aliphatic carbocycles. The fraction of sp³-hybridized carbons (Fsp3) is 0.519. The molecular formula is C27H29ClN10O3S. The number of nitrogens with one attached hydrogen (secondary N) is 2. The molecule has 3 aromatic rings. The molecule has 4 fully saturated rings. The van der Waals surface area contributed by atoms with Gasteiger partial charge in [-0.2, -0.15) is 20.0 Å². The Morgan fingerprint density at radius 3 is 2.62 bits per heavy atom. The zero-order valence-electron chi connectivity index (χ0n) is 22.6. The average Bonchev–Trinajstić information content (AvgIpc) is 3.41. The molecule has 218 valence electrons. The fourth-order valence-corrected chi connectivity index (χ4v) is 8.71. The summed E-state index contributed by atoms with van der Waals surface area (Å²) < 4.78 is 25.7. The monoisotopic (exact) mass is 608 g/mol. The van der Waals surface area contributed by atoms with E-state index in [-0.39, 0.29) is 41.1 Å². The van der Waals surface area contributed by atoms with E-state index in [0.29, 0.717) is 46.9 Å². The second-order valence-corrected chi connectivity index (χ2v) is 14.1. The van der Waals surface area contributed by atoms with Gasteiger partial charge in [-0.1, -0.05) is 11.6 Å². The number of imidazole rings is 1. The van der Waals surface area contributed by atoms with Crippen LogP contribution >= 0.6 is 11.6 Å². The molecule has 0 radical (unpaired) electrons. The Labute approximate surface area is 247 Å². The highest BCUT2D eigenvalue weighted by Gasteiger charge is 2.47. The number of anilines is 4. The van der Waals surface area contributed by atoms with E-state index in [1.165, 1.54) is 10.7 Å². The Morgan fingerprint density at radius 1 is 1.07 bits per heavy atom. The van der Waals surface area contributed by atoms with Gasteiger partial charge >= 0.3 is 0 Å². The number of sulfone groups is 1. The van der Waals surface area contributed by atoms with Crippen molar-refractivity contribution in [2.45, 2.75) is 49.9 Å². The lowest BCUT2D eigenvalue weighted by Gasteiger charge is -2.41. The third kappa shape index (κ3) is 4.88. The molecule has 0 bridgehead atoms. The number of nitrogens with zero attached hydrogens (tertiary/aromatic N) is 8. The maximum absolute atomic E-state index is 12.1. The number of fused-ring (bicyclic) bond motifs is 2. The largest absolute Gasteiger partial charge is 0.390 e. The van der Waals surface area contributed by atoms with Crippen LogP contribution in [0.15, 0.2) is 18.3 Å². The highest BCUT2D eigenvalue weighted by Crippen LogP contribution is 2.41. The SMILES string of the molecule is N#Cc1cc(Nc2nc(NC3CC3)c3ncc(C#N)n3n2)c(Cl)c(N2CC[C@@H]3[C@@H](CCN3[C@H]3CS(=O)(=O)C[C@@H]3O)C2)c1. The van der Waals surface area contributed by atoms with Crippen LogP contribution in [0.2, 0.25) is 5.02 Å². The lowest BCUT2D eigenvalue weighted by Crippen LogP contribution is -2.51. The van der Waals surface area contributed by atoms with Crippen LogP contribution in [0.25, 0.3) is 5.65 Å². The van der Waals surface area contributed by atoms with Crippen LogP contribution in [-0.2, 0) is 9.84 Å². The number of halogens is 1. The van der Waals surface area contributed by atoms with Gasteiger partial charge in [0.1, 0.15) is 6.07 Å². The van der Waals surface area contributed by atoms with Gasteiger partial charge in [-0.3, -0.25) is 4.90 Å². The van der Waals surface area contributed by atoms with E-state index in [4.69, 9.17) is 11.6 Å². The number of aromatic nitrogens is 4. The third-order valence-electron chi connectivity index (χ3n) is 8.76. The van der Waals surface area contributed by atoms with E-state index in [1.807, 2.05) is 0 Å². The number of hydrogen-bond donors (Lipinski definition) is 3. The first-order valence-electron chi connectivity index (χ1n) is 14.1. The summed E-state index contributed by atoms with van der Waals surface area (Å²) in [7, 11) is -3.23. The third-order valence-corrected chi connectivity index (χ3v) is 10.9. The minimum Gasteiger partial charge on any atom is -0.390 e. The van der Waals surface area contributed by atoms with Crippen molar-refractivity contribution in [2.75, 3.05) is 46.7 Å². The van der Waals surface area contributed by atoms with Crippen molar-refractivity contribution in [3.63, 3.8) is 0 Å². The molecule has 0 unspecified atom stereocenters. The maximum Gasteiger partial charge on any atom is 0.247 e. The van der Waals surface area contributed by atoms with Gasteiger partial charge in [0.2, 0.25) is 5.95 Å². The first-order valence-corrected chi connectivity index (χ1v) is 16.2. The second-order valence-electron chi connectivity index (χ2n) is 11.6. The number of piperidine rings is 1. The van der Waals surface area contributed by atoms with Crippen molar-refractivity contribution in [2.24, 2.45) is 5.92 Å². The van der Waals surface area contributed by atoms with Gasteiger partial charge in [-0.25, -0.2) is 13.4 Å². The number of likely N-dealkylation sites (tertiary alicyclic amines) is 1. The quantitative estimate of drug-likeness (QED) is 0.371. The van der Waals surface area contributed by atoms with E-state index >= 15 is 0 Å². The number of nitriles is 2. The predicted molar refractivity (Wildman–Crippen MR) is 155 cm³/mol. The van der Waals surface area contributed by atoms with Crippen molar-refractivity contribution in [3.05, 3.63) is 34.6 Å². The van der Waals surface area contributed by atoms with Gasteiger partial charge in [-0.15, -0.1) is 5.10 Å². The summed E-state index contributed by atoms with van der Waals surface area (Å²) in [5.74, 6) is 0.834. The number of rotatable bonds is 6. The minimum atomic E-state index is -3.23. The molecular weight excluding hydrogens is 580 g/mol. The molecule has 15 heteroatoms. The van der Waals surface area contributed by atoms with Crippen LogP contribution in [0.3, 0.4) is 0 Å². The predicted octanol–water partition coefficient (Wildman–Crippen LogP) is 1.90. The molecule has 4 atom stereocenters. The first kappa shape index (κ1) is 27.2. The second kappa shape index (κ2) is 10.2. The molecule has 0 amide bonds. The molecule has 42 heavy (non-hydrogen) atoms. The summed E-state index contributed by atoms with van der Waals surface area (Å²) in [6, 6.07) is 7.88. The van der Waals surface area contributed by atoms with Gasteiger partial charge in [0.15, 0.2) is 27.0 Å². The van der Waals surface area contributed by atoms with E-state index in [1.54, 1.807) is 12.1 Å². The van der Waals surface area contributed by atoms with Crippen molar-refractivity contribution in [1.82, 2.24) is 24.5 Å². The molecule has 2 aromatic heterocycles. The lowest BCUT2D eigenvalue weighted by atomic mass is 9.91. The van der Waals surface area contributed by atoms with E-state index < -0.39 is 15.9 Å². The molecule has 4 aliphatic rings. The topological polar surface area (TPSA) is 176 Å². The van der Waals surface area contributed by atoms with E-state index in [2.05, 4.69) is 47.6 Å². The molecule has 5 heterocycles. The van der Waals surface area contributed by atoms with Gasteiger partial charge in [0.05, 0.1) is 57.9 Å². The Balaban J connectivity index is 1.15. The smallest absolute Gasteiger partial charge is 0.247 e. The Hall–Kier alpha value is -3.69. The number of aliphatic hydroxyl groups excluding tert-OH is 1. The molecule has 1 saturated carbocycles. The highest BCUT2D eigenvalue weighted by molar-refractivity contribution is 7.91. The summed E-state index contributed by atoms with van der Waals surface area (Å²) >= 11 is 6.97. The summed E-state index contributed by atoms with van der Waals surface area (Å²) in [6.45, 7) is 2.11. The Morgan fingerprint density at radius 2 is 1.90 bits per heavy atom. The van der Waals surface area contributed by atoms with Crippen molar-refractivity contribution in [1.29, 1.82) is 10.5 Å². The van der Waals surface area contributed by atoms with Gasteiger partial charge in [0, 0.05) is 25.2 Å². The van der Waals surface area contributed by atoms with Crippen molar-refractivity contribution in [3.8, 4) is 12.1 Å². The first-order chi connectivity index (χ1) is 20.2. The standard InChI is InChI=1S/C27H29ClN10O3S/c28-24-19(33-27-34-25(32-17-1-2-17)26-31-11-18(10-30)38(26)35-27)7-15(9-29)8-21(24)36-5-4-20-16(12-36)3-6-37(20)22-13-42(40,41)14-23(22)39/h7-8,11,16-17,20,22-23,39H,1-6,12-14H2,(H2,32,33,34,35)/t16-,20+,22-,23-/m0/s1. The van der Waals surface area contributed by atoms with Crippen LogP contribution in [-0.4, -0.2) is 93.4 Å². The molecule has 3 aliphatic heterocycles. The summed E-state index contributed by atoms with van der Waals surface area (Å²) in [4.78, 5) is 13.3. The van der Waals surface area contributed by atoms with Crippen LogP contribution in [0.1, 0.15) is 36.9 Å². The van der Waals surface area contributed by atoms with Gasteiger partial charge in [-0.05, 0) is 50.3 Å². The summed E-state index contributed by atoms with van der Waals surface area (Å²) in [6.07, 6.45) is 4.34. The number of aliphatic hydroxyl groups is 1. The Bertz CT molecular complexity index is 1760. The fourth-order valence-electron chi connectivity index (χ4n) is 6.62. The molecule has 7 rings (SSSR count). The van der Waals surface area contributed by atoms with Crippen molar-refractivity contribution >= 4 is 50.2 Å². The zero-order chi connectivity index (χ0) is 29.2. The number of hydrogen-bond acceptors (Lipinski definition) is 12. The normalized spacial score (nSPS) is 27.0. The van der Waals surface area contributed by atoms with Crippen LogP contribution in [0.5, 0.6) is 0 Å². The van der Waals surface area contributed by atoms with Crippen LogP contribution in [0, 0.1) is 28.6 Å². The molecule has 3 N–H and O–H groups in total. The van der Waals surface area contributed by atoms with Gasteiger partial charge in [0.25, 0.3) is 0 Å². The average molecular weight is 609 g/mol. The minimum absolute atomic E-state index is 0.00680. The zero-order valence-corrected chi connectivity index (χ0v) is 24.2. The molecule has 1 aromatic carbocycles. The van der Waals surface area contributed by atoms with Crippen LogP contribution < -0.4 is 15.5 Å². The Kier molecular flexibility index (Phi) is 6.62. The highest BCUT2D eigenvalue weighted by atomic mass is 35.5. The maximum atomic E-state index is 12.1. The number of benzene rings is 1. The van der Waals surface area contributed by atoms with Crippen molar-refractivity contribution < 1.29 is 13.5 Å². The molecule has 13 nitrogen and oxygen atoms in total. The summed E-state index contributed by atoms with van der Waals surface area (Å²) in [5, 5.41) is 41.3.